The van der Waals surface area contributed by atoms with Crippen LogP contribution in [-0.2, 0) is 9.59 Å². The van der Waals surface area contributed by atoms with Crippen molar-refractivity contribution in [3.8, 4) is 0 Å². The maximum Gasteiger partial charge on any atom is 0.328 e. The minimum Gasteiger partial charge on any atom is -0.478 e. The molecule has 0 fully saturated rings. The number of hydrogen-bond acceptors (Lipinski definition) is 3. The molecule has 5 nitrogen and oxygen atoms in total. The maximum absolute atomic E-state index is 12.2. The smallest absolute Gasteiger partial charge is 0.328 e. The second-order valence-electron chi connectivity index (χ2n) is 5.23. The zero-order chi connectivity index (χ0) is 16.5. The summed E-state index contributed by atoms with van der Waals surface area (Å²) in [6.07, 6.45) is 2.10. The highest BCUT2D eigenvalue weighted by Crippen LogP contribution is 2.17. The molecule has 5 heteroatoms. The van der Waals surface area contributed by atoms with Gasteiger partial charge in [-0.05, 0) is 25.3 Å². The maximum atomic E-state index is 12.2. The Morgan fingerprint density at radius 1 is 1.27 bits per heavy atom. The van der Waals surface area contributed by atoms with Gasteiger partial charge in [0.25, 0.3) is 0 Å². The number of carboxylic acid groups (broad SMARTS) is 1. The van der Waals surface area contributed by atoms with Crippen LogP contribution in [0.2, 0.25) is 0 Å². The first-order valence-corrected chi connectivity index (χ1v) is 7.43. The summed E-state index contributed by atoms with van der Waals surface area (Å²) < 4.78 is 0. The number of amides is 1. The van der Waals surface area contributed by atoms with E-state index in [2.05, 4.69) is 5.32 Å². The van der Waals surface area contributed by atoms with Gasteiger partial charge in [-0.15, -0.1) is 0 Å². The van der Waals surface area contributed by atoms with Crippen LogP contribution < -0.4 is 5.32 Å². The van der Waals surface area contributed by atoms with Crippen molar-refractivity contribution < 1.29 is 19.8 Å². The first kappa shape index (κ1) is 17.9. The van der Waals surface area contributed by atoms with Gasteiger partial charge in [-0.25, -0.2) is 4.79 Å². The Bertz CT molecular complexity index is 525. The van der Waals surface area contributed by atoms with Gasteiger partial charge in [0.1, 0.15) is 0 Å². The molecule has 0 bridgehead atoms. The number of rotatable bonds is 8. The molecule has 0 saturated carbocycles. The van der Waals surface area contributed by atoms with Crippen molar-refractivity contribution in [2.24, 2.45) is 0 Å². The minimum absolute atomic E-state index is 0.224. The van der Waals surface area contributed by atoms with Crippen LogP contribution in [0, 0.1) is 0 Å². The van der Waals surface area contributed by atoms with Gasteiger partial charge in [-0.3, -0.25) is 4.79 Å². The van der Waals surface area contributed by atoms with E-state index in [1.807, 2.05) is 25.1 Å². The fraction of sp³-hybridized carbons (Fsp3) is 0.412. The Labute approximate surface area is 130 Å². The molecule has 1 aromatic carbocycles. The predicted octanol–water partition coefficient (Wildman–Crippen LogP) is 2.43. The molecule has 120 valence electrons. The van der Waals surface area contributed by atoms with E-state index in [0.29, 0.717) is 12.0 Å². The average Bonchev–Trinajstić information content (AvgIpc) is 2.50. The highest BCUT2D eigenvalue weighted by atomic mass is 16.4. The van der Waals surface area contributed by atoms with E-state index < -0.39 is 24.0 Å². The largest absolute Gasteiger partial charge is 0.478 e. The third-order valence-corrected chi connectivity index (χ3v) is 3.36. The van der Waals surface area contributed by atoms with Crippen molar-refractivity contribution in [1.82, 2.24) is 5.32 Å². The highest BCUT2D eigenvalue weighted by Gasteiger charge is 2.20. The Balaban J connectivity index is 2.73. The number of aliphatic carboxylic acids is 1. The van der Waals surface area contributed by atoms with Gasteiger partial charge in [0, 0.05) is 11.6 Å². The molecular formula is C17H23NO4. The zero-order valence-electron chi connectivity index (χ0n) is 13.0. The second-order valence-corrected chi connectivity index (χ2v) is 5.23. The van der Waals surface area contributed by atoms with E-state index in [9.17, 15) is 14.7 Å². The number of unbranched alkanes of at least 4 members (excludes halogenated alkanes) is 1. The molecule has 0 radical (unpaired) electrons. The van der Waals surface area contributed by atoms with Gasteiger partial charge in [0.15, 0.2) is 0 Å². The summed E-state index contributed by atoms with van der Waals surface area (Å²) in [5.74, 6) is -1.59. The SMILES string of the molecule is CCCC/C(=C/C(=O)O)C(=O)NC(C)C(O)c1ccccc1. The summed E-state index contributed by atoms with van der Waals surface area (Å²) in [7, 11) is 0. The van der Waals surface area contributed by atoms with Crippen LogP contribution in [0.3, 0.4) is 0 Å². The standard InChI is InChI=1S/C17H23NO4/c1-3-4-8-14(11-15(19)20)17(22)18-12(2)16(21)13-9-6-5-7-10-13/h5-7,9-12,16,21H,3-4,8H2,1-2H3,(H,18,22)(H,19,20)/b14-11-. The molecule has 0 aliphatic rings. The van der Waals surface area contributed by atoms with Crippen molar-refractivity contribution in [2.45, 2.75) is 45.3 Å². The molecule has 1 amide bonds. The zero-order valence-corrected chi connectivity index (χ0v) is 13.0. The lowest BCUT2D eigenvalue weighted by Crippen LogP contribution is -2.38. The second kappa shape index (κ2) is 9.00. The Hall–Kier alpha value is -2.14. The summed E-state index contributed by atoms with van der Waals surface area (Å²) >= 11 is 0. The summed E-state index contributed by atoms with van der Waals surface area (Å²) in [6, 6.07) is 8.50. The van der Waals surface area contributed by atoms with E-state index in [1.165, 1.54) is 0 Å². The van der Waals surface area contributed by atoms with E-state index in [-0.39, 0.29) is 5.57 Å². The lowest BCUT2D eigenvalue weighted by molar-refractivity contribution is -0.132. The van der Waals surface area contributed by atoms with Gasteiger partial charge in [0.2, 0.25) is 5.91 Å². The molecule has 0 heterocycles. The number of carboxylic acids is 1. The molecule has 2 atom stereocenters. The van der Waals surface area contributed by atoms with Crippen molar-refractivity contribution in [2.75, 3.05) is 0 Å². The van der Waals surface area contributed by atoms with Crippen LogP contribution in [0.15, 0.2) is 42.0 Å². The Morgan fingerprint density at radius 3 is 2.45 bits per heavy atom. The number of benzene rings is 1. The topological polar surface area (TPSA) is 86.6 Å². The molecule has 0 saturated heterocycles. The number of aliphatic hydroxyl groups is 1. The number of carbonyl (C=O) groups excluding carboxylic acids is 1. The van der Waals surface area contributed by atoms with E-state index >= 15 is 0 Å². The molecule has 0 aliphatic carbocycles. The van der Waals surface area contributed by atoms with Crippen LogP contribution in [0.4, 0.5) is 0 Å². The van der Waals surface area contributed by atoms with Gasteiger partial charge < -0.3 is 15.5 Å². The van der Waals surface area contributed by atoms with Gasteiger partial charge in [-0.1, -0.05) is 43.7 Å². The fourth-order valence-corrected chi connectivity index (χ4v) is 2.08. The lowest BCUT2D eigenvalue weighted by atomic mass is 10.0. The third-order valence-electron chi connectivity index (χ3n) is 3.36. The van der Waals surface area contributed by atoms with E-state index in [1.54, 1.807) is 19.1 Å². The summed E-state index contributed by atoms with van der Waals surface area (Å²) in [6.45, 7) is 3.66. The van der Waals surface area contributed by atoms with Crippen LogP contribution >= 0.6 is 0 Å². The molecular weight excluding hydrogens is 282 g/mol. The molecule has 1 aromatic rings. The van der Waals surface area contributed by atoms with E-state index in [0.717, 1.165) is 18.9 Å². The first-order valence-electron chi connectivity index (χ1n) is 7.43. The van der Waals surface area contributed by atoms with Crippen LogP contribution in [0.5, 0.6) is 0 Å². The number of carbonyl (C=O) groups is 2. The Kier molecular flexibility index (Phi) is 7.32. The number of hydrogen-bond donors (Lipinski definition) is 3. The normalized spacial score (nSPS) is 14.2. The van der Waals surface area contributed by atoms with Crippen LogP contribution in [-0.4, -0.2) is 28.1 Å². The van der Waals surface area contributed by atoms with Crippen molar-refractivity contribution >= 4 is 11.9 Å². The molecule has 0 aromatic heterocycles. The summed E-state index contributed by atoms with van der Waals surface area (Å²) in [4.78, 5) is 23.0. The van der Waals surface area contributed by atoms with Crippen LogP contribution in [0.25, 0.3) is 0 Å². The van der Waals surface area contributed by atoms with Crippen LogP contribution in [0.1, 0.15) is 44.8 Å². The van der Waals surface area contributed by atoms with Crippen molar-refractivity contribution in [1.29, 1.82) is 0 Å². The van der Waals surface area contributed by atoms with Crippen molar-refractivity contribution in [3.63, 3.8) is 0 Å². The summed E-state index contributed by atoms with van der Waals surface area (Å²) in [5, 5.41) is 21.7. The van der Waals surface area contributed by atoms with E-state index in [4.69, 9.17) is 5.11 Å². The average molecular weight is 305 g/mol. The molecule has 2 unspecified atom stereocenters. The fourth-order valence-electron chi connectivity index (χ4n) is 2.08. The molecule has 22 heavy (non-hydrogen) atoms. The molecule has 0 spiro atoms. The van der Waals surface area contributed by atoms with Gasteiger partial charge >= 0.3 is 5.97 Å². The summed E-state index contributed by atoms with van der Waals surface area (Å²) in [5.41, 5.74) is 0.925. The minimum atomic E-state index is -1.14. The molecule has 0 aliphatic heterocycles. The molecule has 1 rings (SSSR count). The Morgan fingerprint density at radius 2 is 1.91 bits per heavy atom. The number of aliphatic hydroxyl groups excluding tert-OH is 1. The quantitative estimate of drug-likeness (QED) is 0.644. The highest BCUT2D eigenvalue weighted by molar-refractivity contribution is 5.99. The monoisotopic (exact) mass is 305 g/mol. The number of nitrogens with one attached hydrogen (secondary N) is 1. The first-order chi connectivity index (χ1) is 10.5. The van der Waals surface area contributed by atoms with Crippen molar-refractivity contribution in [3.05, 3.63) is 47.5 Å². The predicted molar refractivity (Wildman–Crippen MR) is 84.3 cm³/mol. The third kappa shape index (κ3) is 5.69. The van der Waals surface area contributed by atoms with Gasteiger partial charge in [-0.2, -0.15) is 0 Å². The lowest BCUT2D eigenvalue weighted by Gasteiger charge is -2.21. The van der Waals surface area contributed by atoms with Gasteiger partial charge in [0.05, 0.1) is 12.1 Å². The molecule has 3 N–H and O–H groups in total.